The van der Waals surface area contributed by atoms with Gasteiger partial charge in [-0.2, -0.15) is 14.5 Å². The van der Waals surface area contributed by atoms with Gasteiger partial charge in [-0.3, -0.25) is 9.89 Å². The number of halogens is 1. The maximum Gasteiger partial charge on any atom is 0.247 e. The number of aryl methyl sites for hydroxylation is 1. The Morgan fingerprint density at radius 2 is 2.21 bits per heavy atom. The van der Waals surface area contributed by atoms with Gasteiger partial charge in [-0.25, -0.2) is 9.97 Å². The Hall–Kier alpha value is -3.60. The van der Waals surface area contributed by atoms with E-state index in [2.05, 4.69) is 25.8 Å². The van der Waals surface area contributed by atoms with Gasteiger partial charge in [0.1, 0.15) is 11.9 Å². The summed E-state index contributed by atoms with van der Waals surface area (Å²) < 4.78 is 13.1. The number of pyridine rings is 1. The molecule has 4 heterocycles. The number of nitrogens with one attached hydrogen (secondary N) is 3. The minimum Gasteiger partial charge on any atom is -0.396 e. The molecule has 0 saturated carbocycles. The molecule has 34 heavy (non-hydrogen) atoms. The van der Waals surface area contributed by atoms with Crippen molar-refractivity contribution in [3.63, 3.8) is 0 Å². The second-order valence-electron chi connectivity index (χ2n) is 8.78. The molecule has 1 saturated heterocycles. The van der Waals surface area contributed by atoms with Gasteiger partial charge in [0, 0.05) is 29.8 Å². The number of nitrogens with zero attached hydrogens (tertiary/aromatic N) is 5. The summed E-state index contributed by atoms with van der Waals surface area (Å²) in [7, 11) is 0. The molecule has 1 fully saturated rings. The van der Waals surface area contributed by atoms with Crippen LogP contribution in [0.4, 0.5) is 27.7 Å². The molecule has 0 spiro atoms. The summed E-state index contributed by atoms with van der Waals surface area (Å²) in [6.07, 6.45) is 5.55. The van der Waals surface area contributed by atoms with Crippen LogP contribution >= 0.6 is 0 Å². The zero-order valence-corrected chi connectivity index (χ0v) is 18.9. The maximum absolute atomic E-state index is 13.1. The molecule has 3 aromatic rings. The number of aromatic amines is 1. The van der Waals surface area contributed by atoms with Gasteiger partial charge in [0.05, 0.1) is 24.2 Å². The van der Waals surface area contributed by atoms with Crippen molar-refractivity contribution in [3.8, 4) is 0 Å². The number of amides is 1. The molecule has 11 heteroatoms. The predicted octanol–water partition coefficient (Wildman–Crippen LogP) is 2.67. The average molecular weight is 467 g/mol. The summed E-state index contributed by atoms with van der Waals surface area (Å²) >= 11 is 0. The molecule has 0 radical (unpaired) electrons. The van der Waals surface area contributed by atoms with Gasteiger partial charge in [0.25, 0.3) is 0 Å². The fourth-order valence-electron chi connectivity index (χ4n) is 4.48. The SMILES string of the molecule is C[C@H](CO)c1cc(Nc2nc(N3CCC[C@@H]3C(=O)Nc3ccc(F)nc3)nc3c2CCC3)n[nH]1. The van der Waals surface area contributed by atoms with E-state index in [0.717, 1.165) is 42.6 Å². The van der Waals surface area contributed by atoms with Crippen LogP contribution in [0, 0.1) is 5.95 Å². The minimum atomic E-state index is -0.595. The molecule has 5 rings (SSSR count). The Kier molecular flexibility index (Phi) is 6.10. The van der Waals surface area contributed by atoms with Gasteiger partial charge in [-0.1, -0.05) is 6.92 Å². The zero-order valence-electron chi connectivity index (χ0n) is 18.9. The highest BCUT2D eigenvalue weighted by Gasteiger charge is 2.34. The number of aliphatic hydroxyl groups excluding tert-OH is 1. The van der Waals surface area contributed by atoms with E-state index in [9.17, 15) is 14.3 Å². The van der Waals surface area contributed by atoms with Crippen LogP contribution < -0.4 is 15.5 Å². The van der Waals surface area contributed by atoms with Crippen LogP contribution in [0.25, 0.3) is 0 Å². The zero-order chi connectivity index (χ0) is 23.7. The average Bonchev–Trinajstić information content (AvgIpc) is 3.60. The first-order chi connectivity index (χ1) is 16.5. The molecule has 1 aliphatic heterocycles. The molecule has 2 atom stereocenters. The van der Waals surface area contributed by atoms with E-state index in [0.29, 0.717) is 36.2 Å². The van der Waals surface area contributed by atoms with Crippen molar-refractivity contribution in [2.24, 2.45) is 0 Å². The fraction of sp³-hybridized carbons (Fsp3) is 0.435. The molecule has 0 bridgehead atoms. The summed E-state index contributed by atoms with van der Waals surface area (Å²) in [5.74, 6) is 0.989. The first-order valence-corrected chi connectivity index (χ1v) is 11.5. The summed E-state index contributed by atoms with van der Waals surface area (Å²) in [6, 6.07) is 4.14. The third kappa shape index (κ3) is 4.43. The highest BCUT2D eigenvalue weighted by Crippen LogP contribution is 2.33. The van der Waals surface area contributed by atoms with Crippen molar-refractivity contribution >= 4 is 29.2 Å². The van der Waals surface area contributed by atoms with Crippen LogP contribution in [-0.2, 0) is 17.6 Å². The largest absolute Gasteiger partial charge is 0.396 e. The topological polar surface area (TPSA) is 132 Å². The van der Waals surface area contributed by atoms with E-state index in [4.69, 9.17) is 9.97 Å². The number of fused-ring (bicyclic) bond motifs is 1. The lowest BCUT2D eigenvalue weighted by Gasteiger charge is -2.25. The van der Waals surface area contributed by atoms with Crippen molar-refractivity contribution in [3.05, 3.63) is 47.3 Å². The van der Waals surface area contributed by atoms with Gasteiger partial charge in [-0.05, 0) is 44.2 Å². The van der Waals surface area contributed by atoms with Gasteiger partial charge < -0.3 is 20.6 Å². The Balaban J connectivity index is 1.39. The first-order valence-electron chi connectivity index (χ1n) is 11.5. The van der Waals surface area contributed by atoms with E-state index in [1.165, 1.54) is 18.3 Å². The summed E-state index contributed by atoms with van der Waals surface area (Å²) in [4.78, 5) is 28.1. The number of carbonyl (C=O) groups excluding carboxylic acids is 1. The van der Waals surface area contributed by atoms with Crippen molar-refractivity contribution < 1.29 is 14.3 Å². The molecule has 10 nitrogen and oxygen atoms in total. The number of aromatic nitrogens is 5. The smallest absolute Gasteiger partial charge is 0.247 e. The van der Waals surface area contributed by atoms with Crippen LogP contribution in [-0.4, -0.2) is 55.4 Å². The number of anilines is 4. The molecular formula is C23H27FN8O2. The van der Waals surface area contributed by atoms with E-state index < -0.39 is 12.0 Å². The Labute approximate surface area is 196 Å². The number of rotatable bonds is 7. The molecule has 3 aromatic heterocycles. The molecular weight excluding hydrogens is 439 g/mol. The molecule has 1 aliphatic carbocycles. The number of aliphatic hydroxyl groups is 1. The number of hydrogen-bond donors (Lipinski definition) is 4. The lowest BCUT2D eigenvalue weighted by molar-refractivity contribution is -0.117. The number of H-pyrrole nitrogens is 1. The Morgan fingerprint density at radius 3 is 3.00 bits per heavy atom. The summed E-state index contributed by atoms with van der Waals surface area (Å²) in [5.41, 5.74) is 3.34. The third-order valence-corrected chi connectivity index (χ3v) is 6.38. The molecule has 1 amide bonds. The van der Waals surface area contributed by atoms with Crippen LogP contribution in [0.5, 0.6) is 0 Å². The van der Waals surface area contributed by atoms with Crippen molar-refractivity contribution in [2.45, 2.75) is 51.0 Å². The highest BCUT2D eigenvalue weighted by atomic mass is 19.1. The van der Waals surface area contributed by atoms with Gasteiger partial charge in [-0.15, -0.1) is 0 Å². The van der Waals surface area contributed by atoms with E-state index in [1.54, 1.807) is 0 Å². The Morgan fingerprint density at radius 1 is 1.32 bits per heavy atom. The highest BCUT2D eigenvalue weighted by molar-refractivity contribution is 5.96. The Bertz CT molecular complexity index is 1180. The van der Waals surface area contributed by atoms with Crippen LogP contribution in [0.1, 0.15) is 49.1 Å². The maximum atomic E-state index is 13.1. The molecule has 0 aromatic carbocycles. The summed E-state index contributed by atoms with van der Waals surface area (Å²) in [6.45, 7) is 2.61. The first kappa shape index (κ1) is 22.2. The molecule has 2 aliphatic rings. The molecule has 4 N–H and O–H groups in total. The van der Waals surface area contributed by atoms with E-state index in [1.807, 2.05) is 17.9 Å². The normalized spacial score (nSPS) is 18.1. The standard InChI is InChI=1S/C23H27FN8O2/c1-13(12-33)17-10-20(31-30-17)28-21-15-4-2-5-16(15)27-23(29-21)32-9-3-6-18(32)22(34)26-14-7-8-19(24)25-11-14/h7-8,10-11,13,18,33H,2-6,9,12H2,1H3,(H,26,34)(H2,27,28,29,30,31)/t13-,18-/m1/s1. The second-order valence-corrected chi connectivity index (χ2v) is 8.78. The lowest BCUT2D eigenvalue weighted by atomic mass is 10.1. The van der Waals surface area contributed by atoms with Crippen molar-refractivity contribution in [1.82, 2.24) is 25.1 Å². The minimum absolute atomic E-state index is 0.0289. The van der Waals surface area contributed by atoms with Crippen molar-refractivity contribution in [2.75, 3.05) is 28.7 Å². The van der Waals surface area contributed by atoms with Crippen LogP contribution in [0.3, 0.4) is 0 Å². The van der Waals surface area contributed by atoms with Gasteiger partial charge >= 0.3 is 0 Å². The van der Waals surface area contributed by atoms with Crippen LogP contribution in [0.15, 0.2) is 24.4 Å². The van der Waals surface area contributed by atoms with E-state index in [-0.39, 0.29) is 18.4 Å². The van der Waals surface area contributed by atoms with Gasteiger partial charge in [0.2, 0.25) is 17.8 Å². The van der Waals surface area contributed by atoms with Crippen LogP contribution in [0.2, 0.25) is 0 Å². The second kappa shape index (κ2) is 9.34. The number of carbonyl (C=O) groups is 1. The number of hydrogen-bond acceptors (Lipinski definition) is 8. The van der Waals surface area contributed by atoms with E-state index >= 15 is 0 Å². The summed E-state index contributed by atoms with van der Waals surface area (Å²) in [5, 5.41) is 22.8. The quantitative estimate of drug-likeness (QED) is 0.391. The molecule has 0 unspecified atom stereocenters. The lowest BCUT2D eigenvalue weighted by Crippen LogP contribution is -2.40. The predicted molar refractivity (Wildman–Crippen MR) is 125 cm³/mol. The monoisotopic (exact) mass is 466 g/mol. The van der Waals surface area contributed by atoms with Crippen molar-refractivity contribution in [1.29, 1.82) is 0 Å². The van der Waals surface area contributed by atoms with Gasteiger partial charge in [0.15, 0.2) is 5.82 Å². The fourth-order valence-corrected chi connectivity index (χ4v) is 4.48. The molecule has 178 valence electrons. The third-order valence-electron chi connectivity index (χ3n) is 6.38.